The standard InChI is InChI=1S/C16H30N2O5S/c1-11(2)12-4-6-13(7-5-12)23-10-15-14(17-24(3,21)22)8-9-18(15)16(19)20/h11-15,17H,4-10H2,1-3H3,(H,19,20)/t12?,13?,14-,15-/m0/s1. The van der Waals surface area contributed by atoms with Crippen LogP contribution in [0.15, 0.2) is 0 Å². The number of hydrogen-bond acceptors (Lipinski definition) is 4. The Morgan fingerprint density at radius 1 is 1.25 bits per heavy atom. The van der Waals surface area contributed by atoms with Crippen molar-refractivity contribution in [1.82, 2.24) is 9.62 Å². The predicted molar refractivity (Wildman–Crippen MR) is 91.4 cm³/mol. The van der Waals surface area contributed by atoms with E-state index in [1.165, 1.54) is 4.90 Å². The van der Waals surface area contributed by atoms with Crippen LogP contribution in [0.3, 0.4) is 0 Å². The van der Waals surface area contributed by atoms with Gasteiger partial charge in [0.2, 0.25) is 10.0 Å². The van der Waals surface area contributed by atoms with E-state index in [9.17, 15) is 18.3 Å². The molecule has 0 aromatic heterocycles. The number of nitrogens with zero attached hydrogens (tertiary/aromatic N) is 1. The average molecular weight is 362 g/mol. The van der Waals surface area contributed by atoms with Crippen LogP contribution in [0.4, 0.5) is 4.79 Å². The van der Waals surface area contributed by atoms with E-state index in [0.717, 1.165) is 37.9 Å². The van der Waals surface area contributed by atoms with Crippen molar-refractivity contribution in [2.24, 2.45) is 11.8 Å². The van der Waals surface area contributed by atoms with Crippen LogP contribution in [-0.4, -0.2) is 62.1 Å². The van der Waals surface area contributed by atoms with Gasteiger partial charge in [0.05, 0.1) is 25.0 Å². The molecule has 0 radical (unpaired) electrons. The van der Waals surface area contributed by atoms with E-state index >= 15 is 0 Å². The van der Waals surface area contributed by atoms with Gasteiger partial charge in [-0.25, -0.2) is 17.9 Å². The van der Waals surface area contributed by atoms with Crippen molar-refractivity contribution >= 4 is 16.1 Å². The smallest absolute Gasteiger partial charge is 0.407 e. The van der Waals surface area contributed by atoms with Gasteiger partial charge in [-0.3, -0.25) is 0 Å². The Labute approximate surface area is 144 Å². The van der Waals surface area contributed by atoms with E-state index < -0.39 is 28.2 Å². The van der Waals surface area contributed by atoms with Crippen molar-refractivity contribution in [1.29, 1.82) is 0 Å². The molecule has 1 saturated carbocycles. The first-order valence-corrected chi connectivity index (χ1v) is 10.6. The topological polar surface area (TPSA) is 95.9 Å². The Hall–Kier alpha value is -0.860. The zero-order valence-electron chi connectivity index (χ0n) is 14.8. The summed E-state index contributed by atoms with van der Waals surface area (Å²) in [6.07, 6.45) is 4.97. The highest BCUT2D eigenvalue weighted by Gasteiger charge is 2.39. The summed E-state index contributed by atoms with van der Waals surface area (Å²) in [6.45, 7) is 5.07. The zero-order valence-corrected chi connectivity index (χ0v) is 15.6. The van der Waals surface area contributed by atoms with Crippen LogP contribution in [0.2, 0.25) is 0 Å². The number of likely N-dealkylation sites (tertiary alicyclic amines) is 1. The number of nitrogens with one attached hydrogen (secondary N) is 1. The van der Waals surface area contributed by atoms with E-state index in [1.807, 2.05) is 0 Å². The number of carboxylic acid groups (broad SMARTS) is 1. The molecule has 2 fully saturated rings. The van der Waals surface area contributed by atoms with Crippen molar-refractivity contribution in [3.63, 3.8) is 0 Å². The summed E-state index contributed by atoms with van der Waals surface area (Å²) in [7, 11) is -3.37. The summed E-state index contributed by atoms with van der Waals surface area (Å²) >= 11 is 0. The number of carbonyl (C=O) groups is 1. The highest BCUT2D eigenvalue weighted by Crippen LogP contribution is 2.31. The Morgan fingerprint density at radius 3 is 2.38 bits per heavy atom. The Kier molecular flexibility index (Phi) is 6.50. The Bertz CT molecular complexity index is 529. The first kappa shape index (κ1) is 19.5. The van der Waals surface area contributed by atoms with Gasteiger partial charge in [-0.05, 0) is 43.9 Å². The lowest BCUT2D eigenvalue weighted by molar-refractivity contribution is -0.0121. The maximum absolute atomic E-state index is 11.5. The van der Waals surface area contributed by atoms with E-state index in [-0.39, 0.29) is 12.7 Å². The van der Waals surface area contributed by atoms with E-state index in [0.29, 0.717) is 18.9 Å². The minimum absolute atomic E-state index is 0.148. The second-order valence-corrected chi connectivity index (χ2v) is 9.22. The number of amides is 1. The first-order chi connectivity index (χ1) is 11.2. The molecule has 2 atom stereocenters. The highest BCUT2D eigenvalue weighted by atomic mass is 32.2. The van der Waals surface area contributed by atoms with Crippen LogP contribution in [0, 0.1) is 11.8 Å². The molecule has 0 unspecified atom stereocenters. The third kappa shape index (κ3) is 5.32. The third-order valence-corrected chi connectivity index (χ3v) is 6.05. The molecule has 140 valence electrons. The van der Waals surface area contributed by atoms with Crippen molar-refractivity contribution in [3.05, 3.63) is 0 Å². The Morgan fingerprint density at radius 2 is 1.88 bits per heavy atom. The number of sulfonamides is 1. The van der Waals surface area contributed by atoms with Crippen LogP contribution in [0.5, 0.6) is 0 Å². The minimum atomic E-state index is -3.37. The van der Waals surface area contributed by atoms with Crippen molar-refractivity contribution in [3.8, 4) is 0 Å². The fraction of sp³-hybridized carbons (Fsp3) is 0.938. The summed E-state index contributed by atoms with van der Waals surface area (Å²) in [5.74, 6) is 1.43. The molecule has 1 amide bonds. The summed E-state index contributed by atoms with van der Waals surface area (Å²) in [5, 5.41) is 9.33. The molecule has 1 aliphatic heterocycles. The van der Waals surface area contributed by atoms with Gasteiger partial charge in [0, 0.05) is 12.6 Å². The number of rotatable bonds is 6. The molecule has 1 aliphatic carbocycles. The monoisotopic (exact) mass is 362 g/mol. The van der Waals surface area contributed by atoms with Crippen molar-refractivity contribution in [2.75, 3.05) is 19.4 Å². The van der Waals surface area contributed by atoms with Gasteiger partial charge in [-0.15, -0.1) is 0 Å². The van der Waals surface area contributed by atoms with Crippen LogP contribution >= 0.6 is 0 Å². The molecular formula is C16H30N2O5S. The van der Waals surface area contributed by atoms with E-state index in [4.69, 9.17) is 4.74 Å². The SMILES string of the molecule is CC(C)C1CCC(OC[C@H]2[C@@H](NS(C)(=O)=O)CCN2C(=O)O)CC1. The molecule has 0 aromatic carbocycles. The van der Waals surface area contributed by atoms with Crippen molar-refractivity contribution < 1.29 is 23.1 Å². The zero-order chi connectivity index (χ0) is 17.9. The quantitative estimate of drug-likeness (QED) is 0.752. The average Bonchev–Trinajstić information content (AvgIpc) is 2.86. The number of hydrogen-bond donors (Lipinski definition) is 2. The second-order valence-electron chi connectivity index (χ2n) is 7.44. The number of ether oxygens (including phenoxy) is 1. The van der Waals surface area contributed by atoms with Crippen LogP contribution in [0.25, 0.3) is 0 Å². The molecular weight excluding hydrogens is 332 g/mol. The molecule has 2 N–H and O–H groups in total. The van der Waals surface area contributed by atoms with Gasteiger partial charge in [-0.2, -0.15) is 0 Å². The summed E-state index contributed by atoms with van der Waals surface area (Å²) in [5.41, 5.74) is 0. The lowest BCUT2D eigenvalue weighted by atomic mass is 9.80. The summed E-state index contributed by atoms with van der Waals surface area (Å²) in [6, 6.07) is -0.872. The van der Waals surface area contributed by atoms with Gasteiger partial charge in [0.15, 0.2) is 0 Å². The fourth-order valence-electron chi connectivity index (χ4n) is 3.87. The molecule has 1 saturated heterocycles. The molecule has 2 rings (SSSR count). The van der Waals surface area contributed by atoms with Gasteiger partial charge in [-0.1, -0.05) is 13.8 Å². The van der Waals surface area contributed by atoms with Gasteiger partial charge < -0.3 is 14.7 Å². The van der Waals surface area contributed by atoms with Crippen LogP contribution in [-0.2, 0) is 14.8 Å². The second kappa shape index (κ2) is 8.01. The van der Waals surface area contributed by atoms with Gasteiger partial charge in [0.25, 0.3) is 0 Å². The molecule has 2 aliphatic rings. The van der Waals surface area contributed by atoms with Gasteiger partial charge in [0.1, 0.15) is 0 Å². The normalized spacial score (nSPS) is 31.6. The lowest BCUT2D eigenvalue weighted by Crippen LogP contribution is -2.49. The fourth-order valence-corrected chi connectivity index (χ4v) is 4.69. The molecule has 1 heterocycles. The molecule has 0 aromatic rings. The third-order valence-electron chi connectivity index (χ3n) is 5.32. The lowest BCUT2D eigenvalue weighted by Gasteiger charge is -2.33. The van der Waals surface area contributed by atoms with Crippen LogP contribution in [0.1, 0.15) is 46.0 Å². The van der Waals surface area contributed by atoms with E-state index in [1.54, 1.807) is 0 Å². The maximum Gasteiger partial charge on any atom is 0.407 e. The molecule has 7 nitrogen and oxygen atoms in total. The molecule has 0 bridgehead atoms. The van der Waals surface area contributed by atoms with Crippen molar-refractivity contribution in [2.45, 2.75) is 64.1 Å². The molecule has 0 spiro atoms. The summed E-state index contributed by atoms with van der Waals surface area (Å²) in [4.78, 5) is 12.7. The minimum Gasteiger partial charge on any atom is -0.465 e. The summed E-state index contributed by atoms with van der Waals surface area (Å²) < 4.78 is 31.5. The first-order valence-electron chi connectivity index (χ1n) is 8.76. The van der Waals surface area contributed by atoms with Gasteiger partial charge >= 0.3 is 6.09 Å². The van der Waals surface area contributed by atoms with E-state index in [2.05, 4.69) is 18.6 Å². The highest BCUT2D eigenvalue weighted by molar-refractivity contribution is 7.88. The Balaban J connectivity index is 1.90. The predicted octanol–water partition coefficient (Wildman–Crippen LogP) is 1.89. The largest absolute Gasteiger partial charge is 0.465 e. The maximum atomic E-state index is 11.5. The van der Waals surface area contributed by atoms with Crippen LogP contribution < -0.4 is 4.72 Å². The molecule has 24 heavy (non-hydrogen) atoms. The molecule has 8 heteroatoms.